The van der Waals surface area contributed by atoms with E-state index in [-0.39, 0.29) is 11.8 Å². The number of nitrogens with one attached hydrogen (secondary N) is 1. The van der Waals surface area contributed by atoms with Crippen LogP contribution in [0.5, 0.6) is 0 Å². The van der Waals surface area contributed by atoms with Crippen molar-refractivity contribution in [1.82, 2.24) is 5.32 Å². The van der Waals surface area contributed by atoms with E-state index in [0.29, 0.717) is 17.7 Å². The molecule has 0 fully saturated rings. The number of hydrogen-bond donors (Lipinski definition) is 2. The van der Waals surface area contributed by atoms with Gasteiger partial charge in [0.2, 0.25) is 0 Å². The van der Waals surface area contributed by atoms with Crippen LogP contribution in [0.25, 0.3) is 0 Å². The van der Waals surface area contributed by atoms with Gasteiger partial charge >= 0.3 is 5.97 Å². The number of anilines is 1. The Hall–Kier alpha value is -2.04. The number of rotatable bonds is 5. The normalized spacial score (nSPS) is 12.8. The number of hydrogen-bond acceptors (Lipinski definition) is 4. The van der Waals surface area contributed by atoms with Crippen molar-refractivity contribution in [2.45, 2.75) is 52.7 Å². The zero-order valence-corrected chi connectivity index (χ0v) is 14.0. The number of ether oxygens (including phenoxy) is 1. The lowest BCUT2D eigenvalue weighted by molar-refractivity contribution is -0.157. The Morgan fingerprint density at radius 1 is 1.23 bits per heavy atom. The third-order valence-corrected chi connectivity index (χ3v) is 2.91. The fourth-order valence-corrected chi connectivity index (χ4v) is 2.00. The first-order valence-electron chi connectivity index (χ1n) is 7.48. The van der Waals surface area contributed by atoms with Gasteiger partial charge in [-0.15, -0.1) is 0 Å². The summed E-state index contributed by atoms with van der Waals surface area (Å²) < 4.78 is 5.38. The van der Waals surface area contributed by atoms with Crippen molar-refractivity contribution in [2.75, 3.05) is 5.73 Å². The van der Waals surface area contributed by atoms with E-state index in [0.717, 1.165) is 0 Å². The quantitative estimate of drug-likeness (QED) is 0.647. The van der Waals surface area contributed by atoms with E-state index < -0.39 is 17.6 Å². The molecular weight excluding hydrogens is 280 g/mol. The molecule has 0 saturated heterocycles. The second-order valence-corrected chi connectivity index (χ2v) is 6.78. The van der Waals surface area contributed by atoms with Crippen molar-refractivity contribution < 1.29 is 14.3 Å². The maximum Gasteiger partial charge on any atom is 0.329 e. The average molecular weight is 306 g/mol. The van der Waals surface area contributed by atoms with Crippen molar-refractivity contribution >= 4 is 17.6 Å². The lowest BCUT2D eigenvalue weighted by atomic mass is 10.0. The Labute approximate surface area is 132 Å². The first-order valence-corrected chi connectivity index (χ1v) is 7.48. The first-order chi connectivity index (χ1) is 10.1. The van der Waals surface area contributed by atoms with E-state index in [1.54, 1.807) is 45.0 Å². The first kappa shape index (κ1) is 18.0. The van der Waals surface area contributed by atoms with E-state index in [2.05, 4.69) is 5.32 Å². The molecular formula is C17H26N2O3. The van der Waals surface area contributed by atoms with Gasteiger partial charge in [0.1, 0.15) is 11.6 Å². The van der Waals surface area contributed by atoms with Crippen LogP contribution >= 0.6 is 0 Å². The van der Waals surface area contributed by atoms with Crippen LogP contribution in [-0.4, -0.2) is 23.5 Å². The molecule has 1 atom stereocenters. The number of amides is 1. The van der Waals surface area contributed by atoms with Gasteiger partial charge in [-0.25, -0.2) is 4.79 Å². The van der Waals surface area contributed by atoms with Gasteiger partial charge in [0.15, 0.2) is 0 Å². The van der Waals surface area contributed by atoms with Crippen LogP contribution in [0.4, 0.5) is 5.69 Å². The lowest BCUT2D eigenvalue weighted by Gasteiger charge is -2.25. The average Bonchev–Trinajstić information content (AvgIpc) is 2.35. The van der Waals surface area contributed by atoms with Crippen LogP contribution in [-0.2, 0) is 9.53 Å². The minimum absolute atomic E-state index is 0.242. The molecule has 0 heterocycles. The molecule has 122 valence electrons. The second kappa shape index (κ2) is 7.29. The van der Waals surface area contributed by atoms with E-state index >= 15 is 0 Å². The van der Waals surface area contributed by atoms with Gasteiger partial charge in [0, 0.05) is 5.69 Å². The van der Waals surface area contributed by atoms with Crippen LogP contribution in [0.15, 0.2) is 24.3 Å². The Kier molecular flexibility index (Phi) is 5.97. The molecule has 0 saturated carbocycles. The number of nitrogen functional groups attached to an aromatic ring is 1. The summed E-state index contributed by atoms with van der Waals surface area (Å²) in [5, 5.41) is 2.73. The molecule has 0 aromatic heterocycles. The molecule has 0 spiro atoms. The number of esters is 1. The van der Waals surface area contributed by atoms with Crippen LogP contribution in [0, 0.1) is 5.92 Å². The van der Waals surface area contributed by atoms with E-state index in [1.165, 1.54) is 0 Å². The van der Waals surface area contributed by atoms with E-state index in [9.17, 15) is 9.59 Å². The highest BCUT2D eigenvalue weighted by Crippen LogP contribution is 2.15. The van der Waals surface area contributed by atoms with Crippen LogP contribution in [0.3, 0.4) is 0 Å². The molecule has 1 rings (SSSR count). The maximum atomic E-state index is 12.3. The highest BCUT2D eigenvalue weighted by atomic mass is 16.6. The second-order valence-electron chi connectivity index (χ2n) is 6.78. The summed E-state index contributed by atoms with van der Waals surface area (Å²) in [6.45, 7) is 9.37. The van der Waals surface area contributed by atoms with E-state index in [1.807, 2.05) is 13.8 Å². The van der Waals surface area contributed by atoms with Gasteiger partial charge in [-0.3, -0.25) is 4.79 Å². The molecule has 3 N–H and O–H groups in total. The van der Waals surface area contributed by atoms with Gasteiger partial charge in [0.05, 0.1) is 5.56 Å². The molecule has 1 amide bonds. The number of nitrogens with two attached hydrogens (primary N) is 1. The third-order valence-electron chi connectivity index (χ3n) is 2.91. The summed E-state index contributed by atoms with van der Waals surface area (Å²) in [5.74, 6) is -0.551. The number of carbonyl (C=O) groups excluding carboxylic acids is 2. The number of carbonyl (C=O) groups is 2. The van der Waals surface area contributed by atoms with Crippen molar-refractivity contribution in [1.29, 1.82) is 0 Å². The SMILES string of the molecule is CC(C)CC(NC(=O)c1ccccc1N)C(=O)OC(C)(C)C. The molecule has 1 unspecified atom stereocenters. The van der Waals surface area contributed by atoms with Gasteiger partial charge in [0.25, 0.3) is 5.91 Å². The minimum Gasteiger partial charge on any atom is -0.458 e. The van der Waals surface area contributed by atoms with Crippen molar-refractivity contribution in [3.63, 3.8) is 0 Å². The summed E-state index contributed by atoms with van der Waals surface area (Å²) in [5.41, 5.74) is 5.95. The summed E-state index contributed by atoms with van der Waals surface area (Å²) in [7, 11) is 0. The molecule has 5 heteroatoms. The molecule has 0 bridgehead atoms. The Morgan fingerprint density at radius 2 is 1.82 bits per heavy atom. The largest absolute Gasteiger partial charge is 0.458 e. The summed E-state index contributed by atoms with van der Waals surface area (Å²) >= 11 is 0. The van der Waals surface area contributed by atoms with Gasteiger partial charge in [-0.05, 0) is 45.2 Å². The fraction of sp³-hybridized carbons (Fsp3) is 0.529. The zero-order chi connectivity index (χ0) is 16.9. The highest BCUT2D eigenvalue weighted by Gasteiger charge is 2.28. The van der Waals surface area contributed by atoms with E-state index in [4.69, 9.17) is 10.5 Å². The summed E-state index contributed by atoms with van der Waals surface area (Å²) in [4.78, 5) is 24.6. The lowest BCUT2D eigenvalue weighted by Crippen LogP contribution is -2.45. The third kappa shape index (κ3) is 5.76. The number of para-hydroxylation sites is 1. The van der Waals surface area contributed by atoms with Crippen molar-refractivity contribution in [3.8, 4) is 0 Å². The Bertz CT molecular complexity index is 533. The van der Waals surface area contributed by atoms with Crippen molar-refractivity contribution in [2.24, 2.45) is 5.92 Å². The standard InChI is InChI=1S/C17H26N2O3/c1-11(2)10-14(16(21)22-17(3,4)5)19-15(20)12-8-6-7-9-13(12)18/h6-9,11,14H,10,18H2,1-5H3,(H,19,20). The molecule has 1 aromatic rings. The monoisotopic (exact) mass is 306 g/mol. The van der Waals surface area contributed by atoms with Crippen molar-refractivity contribution in [3.05, 3.63) is 29.8 Å². The van der Waals surface area contributed by atoms with Gasteiger partial charge in [-0.1, -0.05) is 26.0 Å². The highest BCUT2D eigenvalue weighted by molar-refractivity contribution is 6.00. The predicted molar refractivity (Wildman–Crippen MR) is 87.4 cm³/mol. The van der Waals surface area contributed by atoms with Crippen LogP contribution < -0.4 is 11.1 Å². The maximum absolute atomic E-state index is 12.3. The predicted octanol–water partition coefficient (Wildman–Crippen LogP) is 2.76. The Balaban J connectivity index is 2.87. The fourth-order valence-electron chi connectivity index (χ4n) is 2.00. The summed E-state index contributed by atoms with van der Waals surface area (Å²) in [6.07, 6.45) is 0.507. The molecule has 0 radical (unpaired) electrons. The Morgan fingerprint density at radius 3 is 2.32 bits per heavy atom. The number of benzene rings is 1. The van der Waals surface area contributed by atoms with Crippen LogP contribution in [0.2, 0.25) is 0 Å². The van der Waals surface area contributed by atoms with Gasteiger partial charge < -0.3 is 15.8 Å². The minimum atomic E-state index is -0.689. The molecule has 0 aliphatic heterocycles. The molecule has 22 heavy (non-hydrogen) atoms. The van der Waals surface area contributed by atoms with Gasteiger partial charge in [-0.2, -0.15) is 0 Å². The summed E-state index contributed by atoms with van der Waals surface area (Å²) in [6, 6.07) is 6.08. The topological polar surface area (TPSA) is 81.4 Å². The molecule has 0 aliphatic carbocycles. The zero-order valence-electron chi connectivity index (χ0n) is 14.0. The molecule has 0 aliphatic rings. The molecule has 5 nitrogen and oxygen atoms in total. The smallest absolute Gasteiger partial charge is 0.329 e. The molecule has 1 aromatic carbocycles. The van der Waals surface area contributed by atoms with Crippen LogP contribution in [0.1, 0.15) is 51.4 Å².